The number of nitrogens with zero attached hydrogens (tertiary/aromatic N) is 4. The monoisotopic (exact) mass is 196 g/mol. The van der Waals surface area contributed by atoms with Crippen LogP contribution in [-0.2, 0) is 0 Å². The van der Waals surface area contributed by atoms with Gasteiger partial charge in [0.05, 0.1) is 5.69 Å². The Labute approximate surface area is 78.8 Å². The largest absolute Gasteiger partial charge is 0.211 e. The zero-order valence-corrected chi connectivity index (χ0v) is 7.32. The molecule has 0 saturated heterocycles. The van der Waals surface area contributed by atoms with Crippen molar-refractivity contribution in [3.8, 4) is 5.69 Å². The summed E-state index contributed by atoms with van der Waals surface area (Å²) in [6.07, 6.45) is 0. The van der Waals surface area contributed by atoms with Gasteiger partial charge in [0.2, 0.25) is 5.16 Å². The van der Waals surface area contributed by atoms with Gasteiger partial charge in [-0.1, -0.05) is 6.07 Å². The number of tetrazole rings is 1. The lowest BCUT2D eigenvalue weighted by Crippen LogP contribution is -1.97. The van der Waals surface area contributed by atoms with Crippen molar-refractivity contribution in [2.75, 3.05) is 0 Å². The highest BCUT2D eigenvalue weighted by molar-refractivity contribution is 7.80. The maximum atomic E-state index is 12.8. The van der Waals surface area contributed by atoms with Gasteiger partial charge in [0.15, 0.2) is 0 Å². The summed E-state index contributed by atoms with van der Waals surface area (Å²) < 4.78 is 14.1. The molecule has 0 spiro atoms. The van der Waals surface area contributed by atoms with Crippen LogP contribution in [0.15, 0.2) is 29.4 Å². The van der Waals surface area contributed by atoms with Crippen molar-refractivity contribution in [2.24, 2.45) is 0 Å². The molecule has 4 nitrogen and oxygen atoms in total. The van der Waals surface area contributed by atoms with E-state index in [-0.39, 0.29) is 5.82 Å². The predicted octanol–water partition coefficient (Wildman–Crippen LogP) is 1.09. The molecule has 0 fully saturated rings. The Morgan fingerprint density at radius 1 is 1.38 bits per heavy atom. The minimum absolute atomic E-state index is 0.325. The van der Waals surface area contributed by atoms with Crippen molar-refractivity contribution in [2.45, 2.75) is 5.16 Å². The molecule has 1 aromatic heterocycles. The van der Waals surface area contributed by atoms with Crippen molar-refractivity contribution in [3.63, 3.8) is 0 Å². The molecule has 6 heteroatoms. The first kappa shape index (κ1) is 8.18. The van der Waals surface area contributed by atoms with Crippen LogP contribution in [0, 0.1) is 5.82 Å². The maximum Gasteiger partial charge on any atom is 0.211 e. The van der Waals surface area contributed by atoms with E-state index >= 15 is 0 Å². The fourth-order valence-electron chi connectivity index (χ4n) is 0.957. The van der Waals surface area contributed by atoms with E-state index in [1.165, 1.54) is 16.8 Å². The molecule has 1 heterocycles. The van der Waals surface area contributed by atoms with Gasteiger partial charge in [-0.05, 0) is 28.6 Å². The third kappa shape index (κ3) is 1.52. The van der Waals surface area contributed by atoms with Crippen molar-refractivity contribution < 1.29 is 4.39 Å². The number of hydrogen-bond acceptors (Lipinski definition) is 4. The van der Waals surface area contributed by atoms with Gasteiger partial charge in [0.1, 0.15) is 5.82 Å². The van der Waals surface area contributed by atoms with E-state index in [9.17, 15) is 4.39 Å². The first-order chi connectivity index (χ1) is 6.27. The molecule has 0 N–H and O–H groups in total. The van der Waals surface area contributed by atoms with Crippen LogP contribution in [0.25, 0.3) is 5.69 Å². The van der Waals surface area contributed by atoms with Crippen LogP contribution in [0.4, 0.5) is 4.39 Å². The molecule has 0 unspecified atom stereocenters. The Hall–Kier alpha value is -1.43. The highest BCUT2D eigenvalue weighted by Gasteiger charge is 2.03. The quantitative estimate of drug-likeness (QED) is 0.694. The lowest BCUT2D eigenvalue weighted by molar-refractivity contribution is 0.623. The van der Waals surface area contributed by atoms with E-state index in [0.29, 0.717) is 10.8 Å². The smallest absolute Gasteiger partial charge is 0.207 e. The van der Waals surface area contributed by atoms with Crippen LogP contribution in [-0.4, -0.2) is 20.2 Å². The predicted molar refractivity (Wildman–Crippen MR) is 46.4 cm³/mol. The van der Waals surface area contributed by atoms with Crippen LogP contribution in [0.3, 0.4) is 0 Å². The van der Waals surface area contributed by atoms with Crippen LogP contribution in [0.1, 0.15) is 0 Å². The Kier molecular flexibility index (Phi) is 1.97. The fraction of sp³-hybridized carbons (Fsp3) is 0. The molecular weight excluding hydrogens is 191 g/mol. The summed E-state index contributed by atoms with van der Waals surface area (Å²) in [6, 6.07) is 5.96. The van der Waals surface area contributed by atoms with Gasteiger partial charge in [-0.15, -0.1) is 17.7 Å². The zero-order valence-electron chi connectivity index (χ0n) is 6.42. The summed E-state index contributed by atoms with van der Waals surface area (Å²) in [5, 5.41) is 10.9. The number of benzene rings is 1. The summed E-state index contributed by atoms with van der Waals surface area (Å²) in [6.45, 7) is 0. The second-order valence-electron chi connectivity index (χ2n) is 2.37. The lowest BCUT2D eigenvalue weighted by atomic mass is 10.3. The van der Waals surface area contributed by atoms with Gasteiger partial charge in [-0.3, -0.25) is 0 Å². The Morgan fingerprint density at radius 3 is 2.85 bits per heavy atom. The normalized spacial score (nSPS) is 10.3. The molecule has 0 atom stereocenters. The van der Waals surface area contributed by atoms with Crippen LogP contribution < -0.4 is 0 Å². The van der Waals surface area contributed by atoms with Crippen molar-refractivity contribution in [1.82, 2.24) is 20.2 Å². The molecular formula is C7H5FN4S. The molecule has 66 valence electrons. The molecule has 0 aliphatic rings. The summed E-state index contributed by atoms with van der Waals surface area (Å²) in [4.78, 5) is 0. The van der Waals surface area contributed by atoms with Crippen molar-refractivity contribution in [1.29, 1.82) is 0 Å². The average Bonchev–Trinajstić information content (AvgIpc) is 2.51. The van der Waals surface area contributed by atoms with E-state index in [1.54, 1.807) is 12.1 Å². The third-order valence-corrected chi connectivity index (χ3v) is 1.78. The topological polar surface area (TPSA) is 43.6 Å². The number of rotatable bonds is 1. The van der Waals surface area contributed by atoms with Crippen molar-refractivity contribution >= 4 is 12.6 Å². The minimum Gasteiger partial charge on any atom is -0.207 e. The van der Waals surface area contributed by atoms with E-state index in [1.807, 2.05) is 0 Å². The van der Waals surface area contributed by atoms with Gasteiger partial charge < -0.3 is 0 Å². The molecule has 2 aromatic rings. The van der Waals surface area contributed by atoms with Crippen LogP contribution in [0.2, 0.25) is 0 Å². The van der Waals surface area contributed by atoms with Crippen LogP contribution >= 0.6 is 12.6 Å². The Morgan fingerprint density at radius 2 is 2.23 bits per heavy atom. The van der Waals surface area contributed by atoms with Gasteiger partial charge in [0, 0.05) is 0 Å². The Bertz CT molecular complexity index is 428. The Balaban J connectivity index is 2.53. The summed E-state index contributed by atoms with van der Waals surface area (Å²) >= 11 is 4.00. The lowest BCUT2D eigenvalue weighted by Gasteiger charge is -1.99. The SMILES string of the molecule is Fc1cccc(-n2nnnc2S)c1. The van der Waals surface area contributed by atoms with Crippen molar-refractivity contribution in [3.05, 3.63) is 30.1 Å². The zero-order chi connectivity index (χ0) is 9.26. The summed E-state index contributed by atoms with van der Waals surface area (Å²) in [7, 11) is 0. The molecule has 0 aliphatic heterocycles. The highest BCUT2D eigenvalue weighted by atomic mass is 32.1. The second kappa shape index (κ2) is 3.14. The molecule has 2 rings (SSSR count). The average molecular weight is 196 g/mol. The van der Waals surface area contributed by atoms with E-state index in [2.05, 4.69) is 28.2 Å². The highest BCUT2D eigenvalue weighted by Crippen LogP contribution is 2.10. The number of hydrogen-bond donors (Lipinski definition) is 1. The minimum atomic E-state index is -0.333. The number of halogens is 1. The molecule has 1 aromatic carbocycles. The van der Waals surface area contributed by atoms with Crippen LogP contribution in [0.5, 0.6) is 0 Å². The second-order valence-corrected chi connectivity index (χ2v) is 2.77. The maximum absolute atomic E-state index is 12.8. The number of thiol groups is 1. The first-order valence-electron chi connectivity index (χ1n) is 3.50. The molecule has 13 heavy (non-hydrogen) atoms. The van der Waals surface area contributed by atoms with E-state index in [0.717, 1.165) is 0 Å². The molecule has 0 bridgehead atoms. The molecule has 0 aliphatic carbocycles. The molecule has 0 radical (unpaired) electrons. The molecule has 0 saturated carbocycles. The fourth-order valence-corrected chi connectivity index (χ4v) is 1.15. The molecule has 0 amide bonds. The third-order valence-electron chi connectivity index (χ3n) is 1.51. The number of aromatic nitrogens is 4. The van der Waals surface area contributed by atoms with Gasteiger partial charge in [0.25, 0.3) is 0 Å². The van der Waals surface area contributed by atoms with Gasteiger partial charge in [-0.2, -0.15) is 4.68 Å². The standard InChI is InChI=1S/C7H5FN4S/c8-5-2-1-3-6(4-5)12-7(13)9-10-11-12/h1-4H,(H,9,11,13). The van der Waals surface area contributed by atoms with Gasteiger partial charge >= 0.3 is 0 Å². The summed E-state index contributed by atoms with van der Waals surface area (Å²) in [5.74, 6) is -0.333. The van der Waals surface area contributed by atoms with Gasteiger partial charge in [-0.25, -0.2) is 4.39 Å². The van der Waals surface area contributed by atoms with E-state index < -0.39 is 0 Å². The first-order valence-corrected chi connectivity index (χ1v) is 3.95. The van der Waals surface area contributed by atoms with E-state index in [4.69, 9.17) is 0 Å². The summed E-state index contributed by atoms with van der Waals surface area (Å²) in [5.41, 5.74) is 0.551.